The minimum atomic E-state index is -0.127. The lowest BCUT2D eigenvalue weighted by atomic mass is 10.2. The van der Waals surface area contributed by atoms with Crippen molar-refractivity contribution in [3.8, 4) is 5.75 Å². The number of nitrogens with one attached hydrogen (secondary N) is 1. The number of rotatable bonds is 3. The molecule has 23 heavy (non-hydrogen) atoms. The Morgan fingerprint density at radius 1 is 1.48 bits per heavy atom. The third-order valence-electron chi connectivity index (χ3n) is 3.70. The van der Waals surface area contributed by atoms with E-state index in [1.165, 1.54) is 11.3 Å². The van der Waals surface area contributed by atoms with Gasteiger partial charge in [0.1, 0.15) is 11.9 Å². The van der Waals surface area contributed by atoms with Crippen molar-refractivity contribution in [2.75, 3.05) is 18.4 Å². The number of urea groups is 1. The Balaban J connectivity index is 1.55. The molecule has 1 unspecified atom stereocenters. The highest BCUT2D eigenvalue weighted by Crippen LogP contribution is 2.24. The molecule has 1 N–H and O–H groups in total. The second-order valence-electron chi connectivity index (χ2n) is 5.59. The second-order valence-corrected chi connectivity index (χ2v) is 7.23. The molecular formula is C16H18ClN3O2S. The topological polar surface area (TPSA) is 54.5 Å². The fraction of sp³-hybridized carbons (Fsp3) is 0.375. The molecule has 0 spiro atoms. The van der Waals surface area contributed by atoms with Crippen molar-refractivity contribution < 1.29 is 9.53 Å². The van der Waals surface area contributed by atoms with Crippen molar-refractivity contribution in [2.24, 2.45) is 0 Å². The van der Waals surface area contributed by atoms with Gasteiger partial charge in [-0.2, -0.15) is 0 Å². The van der Waals surface area contributed by atoms with Crippen LogP contribution >= 0.6 is 22.9 Å². The summed E-state index contributed by atoms with van der Waals surface area (Å²) in [6.45, 7) is 5.14. The lowest BCUT2D eigenvalue weighted by Crippen LogP contribution is -2.34. The van der Waals surface area contributed by atoms with E-state index in [1.807, 2.05) is 32.0 Å². The maximum absolute atomic E-state index is 12.2. The summed E-state index contributed by atoms with van der Waals surface area (Å²) >= 11 is 7.49. The molecule has 0 bridgehead atoms. The van der Waals surface area contributed by atoms with Gasteiger partial charge < -0.3 is 9.64 Å². The number of likely N-dealkylation sites (tertiary alicyclic amines) is 1. The normalized spacial score (nSPS) is 17.3. The van der Waals surface area contributed by atoms with Crippen LogP contribution in [0.5, 0.6) is 5.75 Å². The van der Waals surface area contributed by atoms with Gasteiger partial charge in [0, 0.05) is 29.1 Å². The smallest absolute Gasteiger partial charge is 0.323 e. The lowest BCUT2D eigenvalue weighted by Gasteiger charge is -2.17. The zero-order chi connectivity index (χ0) is 16.4. The van der Waals surface area contributed by atoms with Crippen LogP contribution in [-0.2, 0) is 0 Å². The molecule has 5 nitrogen and oxygen atoms in total. The third-order valence-corrected chi connectivity index (χ3v) is 4.95. The SMILES string of the molecule is Cc1cnc(NC(=O)N2CCC(Oc3ccc(Cl)c(C)c3)C2)s1. The van der Waals surface area contributed by atoms with Crippen LogP contribution in [0.25, 0.3) is 0 Å². The quantitative estimate of drug-likeness (QED) is 0.905. The van der Waals surface area contributed by atoms with E-state index in [-0.39, 0.29) is 12.1 Å². The molecule has 0 aliphatic carbocycles. The molecule has 3 rings (SSSR count). The number of thiazole rings is 1. The van der Waals surface area contributed by atoms with Gasteiger partial charge in [0.25, 0.3) is 0 Å². The van der Waals surface area contributed by atoms with Crippen molar-refractivity contribution in [3.63, 3.8) is 0 Å². The molecule has 2 aromatic rings. The van der Waals surface area contributed by atoms with Crippen LogP contribution in [0.3, 0.4) is 0 Å². The van der Waals surface area contributed by atoms with Gasteiger partial charge in [-0.15, -0.1) is 11.3 Å². The summed E-state index contributed by atoms with van der Waals surface area (Å²) in [4.78, 5) is 19.2. The predicted molar refractivity (Wildman–Crippen MR) is 92.7 cm³/mol. The molecular weight excluding hydrogens is 334 g/mol. The summed E-state index contributed by atoms with van der Waals surface area (Å²) in [5.74, 6) is 0.787. The molecule has 1 aliphatic rings. The van der Waals surface area contributed by atoms with Crippen LogP contribution in [0.2, 0.25) is 5.02 Å². The number of ether oxygens (including phenoxy) is 1. The van der Waals surface area contributed by atoms with Gasteiger partial charge in [-0.3, -0.25) is 5.32 Å². The number of aromatic nitrogens is 1. The molecule has 122 valence electrons. The van der Waals surface area contributed by atoms with Gasteiger partial charge in [-0.25, -0.2) is 9.78 Å². The summed E-state index contributed by atoms with van der Waals surface area (Å²) in [5, 5.41) is 4.18. The molecule has 2 amide bonds. The molecule has 1 aliphatic heterocycles. The third kappa shape index (κ3) is 3.95. The Bertz CT molecular complexity index is 719. The van der Waals surface area contributed by atoms with E-state index in [2.05, 4.69) is 10.3 Å². The minimum Gasteiger partial charge on any atom is -0.489 e. The number of halogens is 1. The van der Waals surface area contributed by atoms with Gasteiger partial charge in [-0.1, -0.05) is 11.6 Å². The fourth-order valence-corrected chi connectivity index (χ4v) is 3.25. The number of carbonyl (C=O) groups is 1. The molecule has 1 atom stereocenters. The number of hydrogen-bond donors (Lipinski definition) is 1. The zero-order valence-electron chi connectivity index (χ0n) is 13.0. The summed E-state index contributed by atoms with van der Waals surface area (Å²) in [7, 11) is 0. The van der Waals surface area contributed by atoms with E-state index in [0.29, 0.717) is 18.2 Å². The molecule has 1 fully saturated rings. The maximum atomic E-state index is 12.2. The standard InChI is InChI=1S/C16H18ClN3O2S/c1-10-7-12(3-4-14(10)17)22-13-5-6-20(9-13)16(21)19-15-18-8-11(2)23-15/h3-4,7-8,13H,5-6,9H2,1-2H3,(H,18,19,21). The number of aryl methyl sites for hydroxylation is 2. The number of hydrogen-bond acceptors (Lipinski definition) is 4. The van der Waals surface area contributed by atoms with E-state index in [4.69, 9.17) is 16.3 Å². The Kier molecular flexibility index (Phi) is 4.73. The van der Waals surface area contributed by atoms with Crippen LogP contribution in [-0.4, -0.2) is 35.1 Å². The first-order valence-electron chi connectivity index (χ1n) is 7.42. The summed E-state index contributed by atoms with van der Waals surface area (Å²) in [6.07, 6.45) is 2.56. The van der Waals surface area contributed by atoms with Gasteiger partial charge in [-0.05, 0) is 37.6 Å². The lowest BCUT2D eigenvalue weighted by molar-refractivity contribution is 0.195. The second kappa shape index (κ2) is 6.76. The highest BCUT2D eigenvalue weighted by atomic mass is 35.5. The molecule has 1 aromatic carbocycles. The van der Waals surface area contributed by atoms with Gasteiger partial charge in [0.2, 0.25) is 0 Å². The van der Waals surface area contributed by atoms with E-state index in [1.54, 1.807) is 11.1 Å². The average molecular weight is 352 g/mol. The Labute approximate surface area is 144 Å². The van der Waals surface area contributed by atoms with Crippen LogP contribution in [0, 0.1) is 13.8 Å². The fourth-order valence-electron chi connectivity index (χ4n) is 2.47. The number of carbonyl (C=O) groups excluding carboxylic acids is 1. The van der Waals surface area contributed by atoms with Crippen LogP contribution in [0.4, 0.5) is 9.93 Å². The van der Waals surface area contributed by atoms with E-state index >= 15 is 0 Å². The summed E-state index contributed by atoms with van der Waals surface area (Å²) in [5.41, 5.74) is 0.982. The number of amides is 2. The number of nitrogens with zero attached hydrogens (tertiary/aromatic N) is 2. The van der Waals surface area contributed by atoms with E-state index < -0.39 is 0 Å². The first-order chi connectivity index (χ1) is 11.0. The van der Waals surface area contributed by atoms with Gasteiger partial charge >= 0.3 is 6.03 Å². The average Bonchev–Trinajstić information content (AvgIpc) is 3.12. The van der Waals surface area contributed by atoms with Crippen LogP contribution in [0.1, 0.15) is 16.9 Å². The van der Waals surface area contributed by atoms with Crippen molar-refractivity contribution in [1.29, 1.82) is 0 Å². The van der Waals surface area contributed by atoms with Gasteiger partial charge in [0.05, 0.1) is 6.54 Å². The molecule has 1 saturated heterocycles. The predicted octanol–water partition coefficient (Wildman–Crippen LogP) is 4.10. The van der Waals surface area contributed by atoms with Crippen LogP contribution < -0.4 is 10.1 Å². The molecule has 0 radical (unpaired) electrons. The largest absolute Gasteiger partial charge is 0.489 e. The Hall–Kier alpha value is -1.79. The van der Waals surface area contributed by atoms with Crippen molar-refractivity contribution >= 4 is 34.1 Å². The summed E-state index contributed by atoms with van der Waals surface area (Å²) in [6, 6.07) is 5.48. The van der Waals surface area contributed by atoms with Crippen molar-refractivity contribution in [1.82, 2.24) is 9.88 Å². The highest BCUT2D eigenvalue weighted by Gasteiger charge is 2.28. The minimum absolute atomic E-state index is 0.000596. The van der Waals surface area contributed by atoms with E-state index in [0.717, 1.165) is 27.6 Å². The number of anilines is 1. The van der Waals surface area contributed by atoms with Crippen molar-refractivity contribution in [2.45, 2.75) is 26.4 Å². The molecule has 2 heterocycles. The first-order valence-corrected chi connectivity index (χ1v) is 8.62. The summed E-state index contributed by atoms with van der Waals surface area (Å²) < 4.78 is 5.95. The Morgan fingerprint density at radius 3 is 3.00 bits per heavy atom. The van der Waals surface area contributed by atoms with Crippen molar-refractivity contribution in [3.05, 3.63) is 39.9 Å². The zero-order valence-corrected chi connectivity index (χ0v) is 14.6. The number of benzene rings is 1. The molecule has 0 saturated carbocycles. The highest BCUT2D eigenvalue weighted by molar-refractivity contribution is 7.15. The van der Waals surface area contributed by atoms with E-state index in [9.17, 15) is 4.79 Å². The monoisotopic (exact) mass is 351 g/mol. The van der Waals surface area contributed by atoms with Gasteiger partial charge in [0.15, 0.2) is 5.13 Å². The molecule has 1 aromatic heterocycles. The van der Waals surface area contributed by atoms with Crippen LogP contribution in [0.15, 0.2) is 24.4 Å². The Morgan fingerprint density at radius 2 is 2.30 bits per heavy atom. The first kappa shape index (κ1) is 16.1. The molecule has 7 heteroatoms. The maximum Gasteiger partial charge on any atom is 0.323 e.